The van der Waals surface area contributed by atoms with Crippen LogP contribution >= 0.6 is 0 Å². The molecule has 0 unspecified atom stereocenters. The first-order chi connectivity index (χ1) is 14.3. The summed E-state index contributed by atoms with van der Waals surface area (Å²) in [7, 11) is 0. The van der Waals surface area contributed by atoms with Crippen LogP contribution in [0.1, 0.15) is 64.0 Å². The Kier molecular flexibility index (Phi) is 9.26. The molecule has 0 aliphatic heterocycles. The van der Waals surface area contributed by atoms with E-state index in [9.17, 15) is 19.5 Å². The van der Waals surface area contributed by atoms with Crippen molar-refractivity contribution in [2.24, 2.45) is 11.8 Å². The van der Waals surface area contributed by atoms with E-state index in [1.807, 2.05) is 13.8 Å². The topological polar surface area (TPSA) is 125 Å². The van der Waals surface area contributed by atoms with E-state index in [2.05, 4.69) is 5.32 Å². The number of rotatable bonds is 9. The summed E-state index contributed by atoms with van der Waals surface area (Å²) in [5, 5.41) is 21.7. The van der Waals surface area contributed by atoms with Crippen LogP contribution in [0.5, 0.6) is 0 Å². The third-order valence-electron chi connectivity index (χ3n) is 5.31. The minimum Gasteiger partial charge on any atom is -0.461 e. The Morgan fingerprint density at radius 3 is 2.27 bits per heavy atom. The summed E-state index contributed by atoms with van der Waals surface area (Å²) < 4.78 is 5.66. The largest absolute Gasteiger partial charge is 0.461 e. The number of nitrogens with one attached hydrogen (secondary N) is 2. The summed E-state index contributed by atoms with van der Waals surface area (Å²) in [6.45, 7) is 3.69. The highest BCUT2D eigenvalue weighted by Crippen LogP contribution is 2.24. The van der Waals surface area contributed by atoms with E-state index in [0.29, 0.717) is 5.56 Å². The van der Waals surface area contributed by atoms with Gasteiger partial charge in [0, 0.05) is 0 Å². The first-order valence-electron chi connectivity index (χ1n) is 10.5. The second-order valence-electron chi connectivity index (χ2n) is 8.21. The lowest BCUT2D eigenvalue weighted by Gasteiger charge is -2.27. The fourth-order valence-electron chi connectivity index (χ4n) is 3.72. The zero-order chi connectivity index (χ0) is 22.1. The van der Waals surface area contributed by atoms with Crippen molar-refractivity contribution in [2.45, 2.75) is 70.6 Å². The van der Waals surface area contributed by atoms with Gasteiger partial charge in [0.15, 0.2) is 6.04 Å². The molecule has 1 aromatic carbocycles. The Morgan fingerprint density at radius 1 is 1.07 bits per heavy atom. The van der Waals surface area contributed by atoms with Crippen LogP contribution in [0.25, 0.3) is 0 Å². The highest BCUT2D eigenvalue weighted by atomic mass is 16.5. The normalized spacial score (nSPS) is 17.6. The molecule has 1 saturated carbocycles. The van der Waals surface area contributed by atoms with Crippen LogP contribution in [0.15, 0.2) is 30.3 Å². The highest BCUT2D eigenvalue weighted by Gasteiger charge is 2.36. The van der Waals surface area contributed by atoms with E-state index in [-0.39, 0.29) is 18.4 Å². The average molecular weight is 421 g/mol. The third kappa shape index (κ3) is 6.81. The van der Waals surface area contributed by atoms with Crippen molar-refractivity contribution in [3.05, 3.63) is 35.9 Å². The number of hydroxylamine groups is 1. The summed E-state index contributed by atoms with van der Waals surface area (Å²) in [5.74, 6) is -3.44. The lowest BCUT2D eigenvalue weighted by molar-refractivity contribution is -0.156. The number of aliphatic hydroxyl groups excluding tert-OH is 1. The van der Waals surface area contributed by atoms with Gasteiger partial charge in [0.1, 0.15) is 12.2 Å². The van der Waals surface area contributed by atoms with Gasteiger partial charge >= 0.3 is 5.97 Å². The van der Waals surface area contributed by atoms with E-state index >= 15 is 0 Å². The van der Waals surface area contributed by atoms with Gasteiger partial charge in [0.05, 0.1) is 5.92 Å². The van der Waals surface area contributed by atoms with Crippen LogP contribution < -0.4 is 10.8 Å². The van der Waals surface area contributed by atoms with E-state index in [4.69, 9.17) is 9.94 Å². The molecule has 0 bridgehead atoms. The molecule has 1 aliphatic carbocycles. The molecule has 0 saturated heterocycles. The molecule has 4 N–H and O–H groups in total. The molecule has 0 spiro atoms. The number of benzene rings is 1. The van der Waals surface area contributed by atoms with Gasteiger partial charge in [-0.3, -0.25) is 14.8 Å². The van der Waals surface area contributed by atoms with Crippen LogP contribution in [0, 0.1) is 11.8 Å². The van der Waals surface area contributed by atoms with Gasteiger partial charge < -0.3 is 15.2 Å². The van der Waals surface area contributed by atoms with Crippen molar-refractivity contribution < 1.29 is 29.4 Å². The van der Waals surface area contributed by atoms with Crippen molar-refractivity contribution >= 4 is 17.8 Å². The molecule has 8 heteroatoms. The Hall–Kier alpha value is -2.45. The Labute approximate surface area is 177 Å². The zero-order valence-electron chi connectivity index (χ0n) is 17.5. The number of esters is 1. The lowest BCUT2D eigenvalue weighted by atomic mass is 9.90. The average Bonchev–Trinajstić information content (AvgIpc) is 2.75. The van der Waals surface area contributed by atoms with Gasteiger partial charge in [-0.15, -0.1) is 0 Å². The summed E-state index contributed by atoms with van der Waals surface area (Å²) >= 11 is 0. The number of ether oxygens (including phenoxy) is 1. The zero-order valence-corrected chi connectivity index (χ0v) is 17.5. The first-order valence-corrected chi connectivity index (χ1v) is 10.5. The molecule has 1 aliphatic rings. The molecule has 166 valence electrons. The minimum atomic E-state index is -1.75. The maximum atomic E-state index is 13.0. The maximum Gasteiger partial charge on any atom is 0.333 e. The van der Waals surface area contributed by atoms with Crippen molar-refractivity contribution in [3.63, 3.8) is 0 Å². The summed E-state index contributed by atoms with van der Waals surface area (Å²) in [4.78, 5) is 37.6. The van der Waals surface area contributed by atoms with Gasteiger partial charge in [-0.2, -0.15) is 0 Å². The van der Waals surface area contributed by atoms with E-state index in [1.54, 1.807) is 30.3 Å². The number of amides is 2. The number of hydrogen-bond acceptors (Lipinski definition) is 6. The molecule has 3 atom stereocenters. The second-order valence-corrected chi connectivity index (χ2v) is 8.21. The van der Waals surface area contributed by atoms with Crippen LogP contribution in [0.4, 0.5) is 0 Å². The molecule has 0 radical (unpaired) electrons. The van der Waals surface area contributed by atoms with Crippen LogP contribution in [-0.4, -0.2) is 40.3 Å². The van der Waals surface area contributed by atoms with Crippen molar-refractivity contribution in [1.29, 1.82) is 0 Å². The number of carbonyl (C=O) groups excluding carboxylic acids is 3. The maximum absolute atomic E-state index is 13.0. The van der Waals surface area contributed by atoms with Crippen molar-refractivity contribution in [2.75, 3.05) is 0 Å². The van der Waals surface area contributed by atoms with Crippen LogP contribution in [-0.2, 0) is 19.1 Å². The Bertz CT molecular complexity index is 703. The monoisotopic (exact) mass is 420 g/mol. The summed E-state index contributed by atoms with van der Waals surface area (Å²) in [5.41, 5.74) is 1.93. The molecule has 30 heavy (non-hydrogen) atoms. The smallest absolute Gasteiger partial charge is 0.333 e. The molecular weight excluding hydrogens is 388 g/mol. The molecule has 2 amide bonds. The fraction of sp³-hybridized carbons (Fsp3) is 0.591. The third-order valence-corrected chi connectivity index (χ3v) is 5.31. The molecular formula is C22H32N2O6. The molecule has 1 aromatic rings. The van der Waals surface area contributed by atoms with Gasteiger partial charge in [-0.1, -0.05) is 50.6 Å². The standard InChI is InChI=1S/C22H32N2O6/c1-14(2)13-17(19(25)21(27)24-29)20(26)23-18(15-9-5-3-6-10-15)22(28)30-16-11-7-4-8-12-16/h3,5-6,9-10,14,16-19,25,29H,4,7-8,11-13H2,1-2H3,(H,23,26)(H,24,27)/t17-,18+,19+/m1/s1. The highest BCUT2D eigenvalue weighted by molar-refractivity contribution is 5.91. The predicted molar refractivity (Wildman–Crippen MR) is 109 cm³/mol. The number of aliphatic hydroxyl groups is 1. The lowest BCUT2D eigenvalue weighted by Crippen LogP contribution is -2.47. The molecule has 2 rings (SSSR count). The van der Waals surface area contributed by atoms with Gasteiger partial charge in [-0.25, -0.2) is 10.3 Å². The molecule has 0 heterocycles. The van der Waals surface area contributed by atoms with Crippen LogP contribution in [0.3, 0.4) is 0 Å². The van der Waals surface area contributed by atoms with Gasteiger partial charge in [0.25, 0.3) is 5.91 Å². The van der Waals surface area contributed by atoms with E-state index in [0.717, 1.165) is 32.1 Å². The Morgan fingerprint density at radius 2 is 1.70 bits per heavy atom. The molecule has 8 nitrogen and oxygen atoms in total. The summed E-state index contributed by atoms with van der Waals surface area (Å²) in [6, 6.07) is 7.66. The van der Waals surface area contributed by atoms with Gasteiger partial charge in [0.2, 0.25) is 5.91 Å². The SMILES string of the molecule is CC(C)C[C@@H](C(=O)N[C@H](C(=O)OC1CCCCC1)c1ccccc1)[C@H](O)C(=O)NO. The first kappa shape index (κ1) is 23.8. The van der Waals surface area contributed by atoms with Crippen molar-refractivity contribution in [1.82, 2.24) is 10.8 Å². The van der Waals surface area contributed by atoms with E-state index < -0.39 is 35.8 Å². The minimum absolute atomic E-state index is 0.00809. The predicted octanol–water partition coefficient (Wildman–Crippen LogP) is 2.25. The molecule has 1 fully saturated rings. The molecule has 0 aromatic heterocycles. The summed E-state index contributed by atoms with van der Waals surface area (Å²) in [6.07, 6.45) is 2.99. The number of hydrogen-bond donors (Lipinski definition) is 4. The second kappa shape index (κ2) is 11.7. The van der Waals surface area contributed by atoms with Crippen LogP contribution in [0.2, 0.25) is 0 Å². The fourth-order valence-corrected chi connectivity index (χ4v) is 3.72. The van der Waals surface area contributed by atoms with Gasteiger partial charge in [-0.05, 0) is 43.6 Å². The van der Waals surface area contributed by atoms with E-state index in [1.165, 1.54) is 5.48 Å². The Balaban J connectivity index is 2.20. The number of carbonyl (C=O) groups is 3. The quantitative estimate of drug-likeness (QED) is 0.276. The van der Waals surface area contributed by atoms with Crippen molar-refractivity contribution in [3.8, 4) is 0 Å².